The Bertz CT molecular complexity index is 543. The van der Waals surface area contributed by atoms with Crippen LogP contribution in [0.2, 0.25) is 0 Å². The fourth-order valence-corrected chi connectivity index (χ4v) is 2.34. The van der Waals surface area contributed by atoms with Crippen LogP contribution in [0.15, 0.2) is 60.7 Å². The lowest BCUT2D eigenvalue weighted by Gasteiger charge is -2.20. The van der Waals surface area contributed by atoms with Gasteiger partial charge in [-0.3, -0.25) is 0 Å². The van der Waals surface area contributed by atoms with Crippen molar-refractivity contribution in [3.8, 4) is 0 Å². The van der Waals surface area contributed by atoms with Crippen molar-refractivity contribution in [1.29, 1.82) is 0 Å². The molecule has 0 atom stereocenters. The summed E-state index contributed by atoms with van der Waals surface area (Å²) in [6.07, 6.45) is 6.76. The van der Waals surface area contributed by atoms with E-state index >= 15 is 0 Å². The van der Waals surface area contributed by atoms with Crippen LogP contribution >= 0.6 is 0 Å². The molecule has 0 aliphatic rings. The third-order valence-electron chi connectivity index (χ3n) is 3.50. The maximum absolute atomic E-state index is 2.34. The van der Waals surface area contributed by atoms with Crippen LogP contribution in [0, 0.1) is 6.92 Å². The molecule has 0 heterocycles. The number of aryl methyl sites for hydroxylation is 1. The molecule has 0 aromatic heterocycles. The first-order valence-corrected chi connectivity index (χ1v) is 7.26. The summed E-state index contributed by atoms with van der Waals surface area (Å²) in [5.41, 5.74) is 3.95. The number of hydrogen-bond donors (Lipinski definition) is 0. The Morgan fingerprint density at radius 2 is 1.65 bits per heavy atom. The van der Waals surface area contributed by atoms with Crippen LogP contribution in [0.25, 0.3) is 6.08 Å². The van der Waals surface area contributed by atoms with Crippen molar-refractivity contribution >= 4 is 11.8 Å². The molecule has 0 fully saturated rings. The summed E-state index contributed by atoms with van der Waals surface area (Å²) in [4.78, 5) is 2.34. The number of para-hydroxylation sites is 1. The van der Waals surface area contributed by atoms with Crippen LogP contribution in [-0.2, 0) is 0 Å². The number of anilines is 1. The van der Waals surface area contributed by atoms with Crippen LogP contribution in [0.4, 0.5) is 5.69 Å². The van der Waals surface area contributed by atoms with Crippen LogP contribution in [0.3, 0.4) is 0 Å². The maximum atomic E-state index is 2.34. The molecule has 0 radical (unpaired) electrons. The van der Waals surface area contributed by atoms with E-state index in [1.54, 1.807) is 0 Å². The highest BCUT2D eigenvalue weighted by Crippen LogP contribution is 2.18. The standard InChI is InChI=1S/C19H23N/c1-17-11-8-9-15-19(17)20(2)16-10-4-7-14-18-12-5-3-6-13-18/h3,5-9,11-15H,4,10,16H2,1-2H3. The average molecular weight is 265 g/mol. The predicted octanol–water partition coefficient (Wildman–Crippen LogP) is 4.92. The van der Waals surface area contributed by atoms with Gasteiger partial charge in [0.15, 0.2) is 0 Å². The van der Waals surface area contributed by atoms with E-state index in [1.807, 2.05) is 0 Å². The number of nitrogens with zero attached hydrogens (tertiary/aromatic N) is 1. The Balaban J connectivity index is 1.76. The molecule has 0 saturated heterocycles. The van der Waals surface area contributed by atoms with Gasteiger partial charge in [-0.2, -0.15) is 0 Å². The first-order valence-electron chi connectivity index (χ1n) is 7.26. The highest BCUT2D eigenvalue weighted by molar-refractivity contribution is 5.52. The second kappa shape index (κ2) is 7.54. The van der Waals surface area contributed by atoms with Gasteiger partial charge in [-0.1, -0.05) is 60.7 Å². The molecule has 0 amide bonds. The molecule has 2 aromatic rings. The fourth-order valence-electron chi connectivity index (χ4n) is 2.34. The van der Waals surface area contributed by atoms with Crippen molar-refractivity contribution in [3.63, 3.8) is 0 Å². The van der Waals surface area contributed by atoms with Crippen molar-refractivity contribution in [2.75, 3.05) is 18.5 Å². The third kappa shape index (κ3) is 4.27. The Kier molecular flexibility index (Phi) is 5.43. The highest BCUT2D eigenvalue weighted by atomic mass is 15.1. The van der Waals surface area contributed by atoms with E-state index in [9.17, 15) is 0 Å². The van der Waals surface area contributed by atoms with Gasteiger partial charge >= 0.3 is 0 Å². The summed E-state index contributed by atoms with van der Waals surface area (Å²) < 4.78 is 0. The second-order valence-electron chi connectivity index (χ2n) is 5.16. The van der Waals surface area contributed by atoms with Gasteiger partial charge in [0.2, 0.25) is 0 Å². The molecule has 0 aliphatic carbocycles. The molecular formula is C19H23N. The highest BCUT2D eigenvalue weighted by Gasteiger charge is 2.02. The van der Waals surface area contributed by atoms with E-state index in [-0.39, 0.29) is 0 Å². The first-order chi connectivity index (χ1) is 9.77. The maximum Gasteiger partial charge on any atom is 0.0393 e. The third-order valence-corrected chi connectivity index (χ3v) is 3.50. The zero-order valence-corrected chi connectivity index (χ0v) is 12.4. The van der Waals surface area contributed by atoms with E-state index in [4.69, 9.17) is 0 Å². The van der Waals surface area contributed by atoms with Crippen LogP contribution in [-0.4, -0.2) is 13.6 Å². The van der Waals surface area contributed by atoms with Crippen LogP contribution < -0.4 is 4.90 Å². The minimum atomic E-state index is 1.09. The molecular weight excluding hydrogens is 242 g/mol. The summed E-state index contributed by atoms with van der Waals surface area (Å²) in [5.74, 6) is 0. The summed E-state index contributed by atoms with van der Waals surface area (Å²) in [6.45, 7) is 3.26. The van der Waals surface area contributed by atoms with Gasteiger partial charge in [0.25, 0.3) is 0 Å². The molecule has 20 heavy (non-hydrogen) atoms. The quantitative estimate of drug-likeness (QED) is 0.670. The van der Waals surface area contributed by atoms with Crippen molar-refractivity contribution in [2.24, 2.45) is 0 Å². The van der Waals surface area contributed by atoms with Crippen LogP contribution in [0.5, 0.6) is 0 Å². The number of unbranched alkanes of at least 4 members (excludes halogenated alkanes) is 1. The lowest BCUT2D eigenvalue weighted by atomic mass is 10.1. The van der Waals surface area contributed by atoms with E-state index in [0.717, 1.165) is 13.0 Å². The molecule has 0 N–H and O–H groups in total. The van der Waals surface area contributed by atoms with Gasteiger partial charge in [0.1, 0.15) is 0 Å². The van der Waals surface area contributed by atoms with Gasteiger partial charge in [-0.05, 0) is 37.0 Å². The lowest BCUT2D eigenvalue weighted by Crippen LogP contribution is -2.19. The monoisotopic (exact) mass is 265 g/mol. The number of rotatable bonds is 6. The van der Waals surface area contributed by atoms with E-state index in [0.29, 0.717) is 0 Å². The van der Waals surface area contributed by atoms with Gasteiger partial charge < -0.3 is 4.90 Å². The summed E-state index contributed by atoms with van der Waals surface area (Å²) in [6, 6.07) is 19.0. The Hall–Kier alpha value is -2.02. The molecule has 0 aliphatic heterocycles. The van der Waals surface area contributed by atoms with Gasteiger partial charge in [0.05, 0.1) is 0 Å². The first kappa shape index (κ1) is 14.4. The minimum absolute atomic E-state index is 1.09. The summed E-state index contributed by atoms with van der Waals surface area (Å²) >= 11 is 0. The van der Waals surface area contributed by atoms with E-state index < -0.39 is 0 Å². The molecule has 1 heteroatoms. The Morgan fingerprint density at radius 1 is 0.950 bits per heavy atom. The van der Waals surface area contributed by atoms with Crippen molar-refractivity contribution in [1.82, 2.24) is 0 Å². The van der Waals surface area contributed by atoms with E-state index in [1.165, 1.54) is 23.2 Å². The van der Waals surface area contributed by atoms with Gasteiger partial charge in [-0.25, -0.2) is 0 Å². The number of hydrogen-bond acceptors (Lipinski definition) is 1. The molecule has 0 saturated carbocycles. The van der Waals surface area contributed by atoms with Gasteiger partial charge in [0, 0.05) is 19.3 Å². The summed E-state index contributed by atoms with van der Waals surface area (Å²) in [7, 11) is 2.17. The molecule has 0 spiro atoms. The zero-order valence-electron chi connectivity index (χ0n) is 12.4. The Labute approximate surface area is 122 Å². The number of benzene rings is 2. The molecule has 2 aromatic carbocycles. The minimum Gasteiger partial charge on any atom is -0.374 e. The number of allylic oxidation sites excluding steroid dienone is 1. The SMILES string of the molecule is Cc1ccccc1N(C)CCCC=Cc1ccccc1. The largest absolute Gasteiger partial charge is 0.374 e. The molecule has 0 bridgehead atoms. The molecule has 0 unspecified atom stereocenters. The molecule has 1 nitrogen and oxygen atoms in total. The normalized spacial score (nSPS) is 10.9. The van der Waals surface area contributed by atoms with Gasteiger partial charge in [-0.15, -0.1) is 0 Å². The lowest BCUT2D eigenvalue weighted by molar-refractivity contribution is 0.800. The topological polar surface area (TPSA) is 3.24 Å². The average Bonchev–Trinajstić information content (AvgIpc) is 2.48. The molecule has 104 valence electrons. The summed E-state index contributed by atoms with van der Waals surface area (Å²) in [5, 5.41) is 0. The Morgan fingerprint density at radius 3 is 2.40 bits per heavy atom. The predicted molar refractivity (Wildman–Crippen MR) is 89.2 cm³/mol. The molecule has 2 rings (SSSR count). The van der Waals surface area contributed by atoms with E-state index in [2.05, 4.69) is 85.6 Å². The fraction of sp³-hybridized carbons (Fsp3) is 0.263. The zero-order chi connectivity index (χ0) is 14.2. The second-order valence-corrected chi connectivity index (χ2v) is 5.16. The van der Waals surface area contributed by atoms with Crippen molar-refractivity contribution in [3.05, 3.63) is 71.8 Å². The van der Waals surface area contributed by atoms with Crippen LogP contribution in [0.1, 0.15) is 24.0 Å². The van der Waals surface area contributed by atoms with Crippen molar-refractivity contribution in [2.45, 2.75) is 19.8 Å². The smallest absolute Gasteiger partial charge is 0.0393 e. The van der Waals surface area contributed by atoms with Crippen molar-refractivity contribution < 1.29 is 0 Å².